The molecular weight excluding hydrogens is 120 g/mol. The highest BCUT2D eigenvalue weighted by molar-refractivity contribution is 7.97. The second-order valence-electron chi connectivity index (χ2n) is 2.06. The van der Waals surface area contributed by atoms with Crippen molar-refractivity contribution < 1.29 is 4.79 Å². The molecule has 1 rings (SSSR count). The lowest BCUT2D eigenvalue weighted by atomic mass is 10.4. The van der Waals surface area contributed by atoms with E-state index in [2.05, 4.69) is 0 Å². The van der Waals surface area contributed by atoms with Crippen molar-refractivity contribution in [2.45, 2.75) is 12.8 Å². The molecule has 0 radical (unpaired) electrons. The molecule has 1 aliphatic rings. The van der Waals surface area contributed by atoms with Gasteiger partial charge in [0.15, 0.2) is 12.0 Å². The lowest BCUT2D eigenvalue weighted by Crippen LogP contribution is -2.08. The molecule has 1 aliphatic heterocycles. The number of rotatable bonds is 2. The zero-order valence-corrected chi connectivity index (χ0v) is 5.75. The van der Waals surface area contributed by atoms with Gasteiger partial charge in [0.05, 0.1) is 0 Å². The van der Waals surface area contributed by atoms with Crippen molar-refractivity contribution in [3.8, 4) is 0 Å². The standard InChI is InChI=1S/C6H11OS/c7-3-6-8-4-1-2-5-8/h3H,1-2,4-6H2/q+1. The molecule has 0 aromatic carbocycles. The first-order valence-corrected chi connectivity index (χ1v) is 4.74. The van der Waals surface area contributed by atoms with Crippen LogP contribution in [-0.2, 0) is 15.7 Å². The van der Waals surface area contributed by atoms with Gasteiger partial charge < -0.3 is 0 Å². The lowest BCUT2D eigenvalue weighted by molar-refractivity contribution is -0.105. The average Bonchev–Trinajstić information content (AvgIpc) is 2.19. The van der Waals surface area contributed by atoms with Crippen molar-refractivity contribution in [3.05, 3.63) is 0 Å². The summed E-state index contributed by atoms with van der Waals surface area (Å²) in [6, 6.07) is 0. The first kappa shape index (κ1) is 6.14. The van der Waals surface area contributed by atoms with Crippen LogP contribution in [0.2, 0.25) is 0 Å². The first-order chi connectivity index (χ1) is 3.93. The van der Waals surface area contributed by atoms with Gasteiger partial charge in [-0.2, -0.15) is 0 Å². The van der Waals surface area contributed by atoms with E-state index in [1.54, 1.807) is 0 Å². The van der Waals surface area contributed by atoms with Crippen LogP contribution in [0.25, 0.3) is 0 Å². The first-order valence-electron chi connectivity index (χ1n) is 3.01. The molecule has 8 heavy (non-hydrogen) atoms. The van der Waals surface area contributed by atoms with E-state index in [0.717, 1.165) is 12.0 Å². The summed E-state index contributed by atoms with van der Waals surface area (Å²) in [7, 11) is 0.505. The Kier molecular flexibility index (Phi) is 2.40. The number of carbonyl (C=O) groups excluding carboxylic acids is 1. The van der Waals surface area contributed by atoms with Crippen LogP contribution in [0, 0.1) is 0 Å². The Morgan fingerprint density at radius 3 is 2.50 bits per heavy atom. The molecule has 1 heterocycles. The van der Waals surface area contributed by atoms with Crippen LogP contribution in [-0.4, -0.2) is 23.5 Å². The minimum Gasteiger partial charge on any atom is -0.298 e. The fourth-order valence-electron chi connectivity index (χ4n) is 0.977. The fourth-order valence-corrected chi connectivity index (χ4v) is 2.93. The molecule has 0 amide bonds. The van der Waals surface area contributed by atoms with Gasteiger partial charge in [-0.3, -0.25) is 4.79 Å². The van der Waals surface area contributed by atoms with Gasteiger partial charge in [-0.05, 0) is 23.7 Å². The van der Waals surface area contributed by atoms with E-state index >= 15 is 0 Å². The van der Waals surface area contributed by atoms with Crippen molar-refractivity contribution >= 4 is 17.2 Å². The minimum atomic E-state index is 0.505. The maximum Gasteiger partial charge on any atom is 0.169 e. The zero-order chi connectivity index (χ0) is 5.82. The van der Waals surface area contributed by atoms with Gasteiger partial charge in [0.1, 0.15) is 11.5 Å². The number of hydrogen-bond acceptors (Lipinski definition) is 1. The van der Waals surface area contributed by atoms with Crippen LogP contribution in [0.3, 0.4) is 0 Å². The summed E-state index contributed by atoms with van der Waals surface area (Å²) in [4.78, 5) is 9.97. The van der Waals surface area contributed by atoms with Crippen molar-refractivity contribution in [2.75, 3.05) is 17.3 Å². The highest BCUT2D eigenvalue weighted by Crippen LogP contribution is 2.11. The number of carbonyl (C=O) groups is 1. The average molecular weight is 131 g/mol. The maximum atomic E-state index is 9.97. The smallest absolute Gasteiger partial charge is 0.169 e. The predicted octanol–water partition coefficient (Wildman–Crippen LogP) is 0.597. The highest BCUT2D eigenvalue weighted by Gasteiger charge is 2.22. The van der Waals surface area contributed by atoms with Crippen LogP contribution in [0.5, 0.6) is 0 Å². The van der Waals surface area contributed by atoms with Crippen LogP contribution in [0.4, 0.5) is 0 Å². The zero-order valence-electron chi connectivity index (χ0n) is 4.93. The fraction of sp³-hybridized carbons (Fsp3) is 0.833. The van der Waals surface area contributed by atoms with Crippen molar-refractivity contribution in [3.63, 3.8) is 0 Å². The van der Waals surface area contributed by atoms with Crippen molar-refractivity contribution in [1.82, 2.24) is 0 Å². The Hall–Kier alpha value is 0.0200. The Morgan fingerprint density at radius 1 is 1.38 bits per heavy atom. The molecule has 0 aromatic rings. The Morgan fingerprint density at radius 2 is 2.00 bits per heavy atom. The number of aldehydes is 1. The number of hydrogen-bond donors (Lipinski definition) is 0. The van der Waals surface area contributed by atoms with Gasteiger partial charge >= 0.3 is 0 Å². The third-order valence-electron chi connectivity index (χ3n) is 1.42. The van der Waals surface area contributed by atoms with Gasteiger partial charge in [0.25, 0.3) is 0 Å². The summed E-state index contributed by atoms with van der Waals surface area (Å²) >= 11 is 0. The van der Waals surface area contributed by atoms with Crippen molar-refractivity contribution in [2.24, 2.45) is 0 Å². The largest absolute Gasteiger partial charge is 0.298 e. The molecule has 2 heteroatoms. The Balaban J connectivity index is 2.14. The van der Waals surface area contributed by atoms with E-state index in [4.69, 9.17) is 0 Å². The molecule has 0 N–H and O–H groups in total. The van der Waals surface area contributed by atoms with Gasteiger partial charge in [-0.15, -0.1) is 0 Å². The van der Waals surface area contributed by atoms with Gasteiger partial charge in [0, 0.05) is 0 Å². The molecule has 1 nitrogen and oxygen atoms in total. The summed E-state index contributed by atoms with van der Waals surface area (Å²) in [5, 5.41) is 0. The molecule has 0 aliphatic carbocycles. The van der Waals surface area contributed by atoms with Crippen LogP contribution < -0.4 is 0 Å². The van der Waals surface area contributed by atoms with E-state index < -0.39 is 0 Å². The van der Waals surface area contributed by atoms with Gasteiger partial charge in [-0.1, -0.05) is 0 Å². The SMILES string of the molecule is O=CC[S+]1CCCC1. The molecule has 0 bridgehead atoms. The third kappa shape index (κ3) is 1.51. The summed E-state index contributed by atoms with van der Waals surface area (Å²) in [5.74, 6) is 3.47. The van der Waals surface area contributed by atoms with E-state index in [0.29, 0.717) is 10.9 Å². The molecule has 1 fully saturated rings. The second kappa shape index (κ2) is 3.13. The molecule has 0 atom stereocenters. The van der Waals surface area contributed by atoms with Gasteiger partial charge in [0.2, 0.25) is 0 Å². The molecule has 0 unspecified atom stereocenters. The van der Waals surface area contributed by atoms with Gasteiger partial charge in [-0.25, -0.2) is 0 Å². The maximum absolute atomic E-state index is 9.97. The molecular formula is C6H11OS+. The quantitative estimate of drug-likeness (QED) is 0.396. The van der Waals surface area contributed by atoms with E-state index in [1.807, 2.05) is 0 Å². The van der Waals surface area contributed by atoms with Crippen LogP contribution >= 0.6 is 0 Å². The summed E-state index contributed by atoms with van der Waals surface area (Å²) < 4.78 is 0. The van der Waals surface area contributed by atoms with Crippen molar-refractivity contribution in [1.29, 1.82) is 0 Å². The Bertz CT molecular complexity index is 76.6. The second-order valence-corrected chi connectivity index (χ2v) is 4.44. The van der Waals surface area contributed by atoms with E-state index in [-0.39, 0.29) is 0 Å². The molecule has 0 saturated carbocycles. The monoisotopic (exact) mass is 131 g/mol. The highest BCUT2D eigenvalue weighted by atomic mass is 32.2. The predicted molar refractivity (Wildman–Crippen MR) is 37.3 cm³/mol. The summed E-state index contributed by atoms with van der Waals surface area (Å²) in [6.45, 7) is 0. The normalized spacial score (nSPS) is 21.5. The van der Waals surface area contributed by atoms with E-state index in [9.17, 15) is 4.79 Å². The molecule has 1 saturated heterocycles. The Labute approximate surface area is 52.8 Å². The molecule has 0 aromatic heterocycles. The van der Waals surface area contributed by atoms with Crippen LogP contribution in [0.1, 0.15) is 12.8 Å². The molecule has 46 valence electrons. The minimum absolute atomic E-state index is 0.505. The lowest BCUT2D eigenvalue weighted by Gasteiger charge is -1.89. The topological polar surface area (TPSA) is 17.1 Å². The van der Waals surface area contributed by atoms with Crippen LogP contribution in [0.15, 0.2) is 0 Å². The summed E-state index contributed by atoms with van der Waals surface area (Å²) in [6.07, 6.45) is 3.78. The third-order valence-corrected chi connectivity index (χ3v) is 3.76. The molecule has 0 spiro atoms. The summed E-state index contributed by atoms with van der Waals surface area (Å²) in [5.41, 5.74) is 0. The van der Waals surface area contributed by atoms with E-state index in [1.165, 1.54) is 24.3 Å².